The standard InChI is InChI=1S/C12H16O/c1-4-10(2)9-13-12-7-5-6-11(3)8-12/h4-8H,9H2,1-3H3/b10-4+. The maximum absolute atomic E-state index is 5.57. The van der Waals surface area contributed by atoms with Gasteiger partial charge < -0.3 is 4.74 Å². The van der Waals surface area contributed by atoms with E-state index < -0.39 is 0 Å². The summed E-state index contributed by atoms with van der Waals surface area (Å²) in [4.78, 5) is 0. The van der Waals surface area contributed by atoms with E-state index in [1.54, 1.807) is 0 Å². The molecule has 1 nitrogen and oxygen atoms in total. The Bertz CT molecular complexity index is 300. The number of allylic oxidation sites excluding steroid dienone is 1. The van der Waals surface area contributed by atoms with Crippen LogP contribution in [-0.4, -0.2) is 6.61 Å². The number of rotatable bonds is 3. The zero-order valence-corrected chi connectivity index (χ0v) is 8.50. The fourth-order valence-electron chi connectivity index (χ4n) is 0.986. The third-order valence-electron chi connectivity index (χ3n) is 1.95. The lowest BCUT2D eigenvalue weighted by Crippen LogP contribution is -1.98. The molecule has 1 heteroatoms. The SMILES string of the molecule is C/C=C(\C)COc1cccc(C)c1. The van der Waals surface area contributed by atoms with Crippen molar-refractivity contribution in [2.45, 2.75) is 20.8 Å². The summed E-state index contributed by atoms with van der Waals surface area (Å²) in [5.41, 5.74) is 2.48. The molecule has 1 aromatic rings. The minimum absolute atomic E-state index is 0.681. The summed E-state index contributed by atoms with van der Waals surface area (Å²) in [7, 11) is 0. The van der Waals surface area contributed by atoms with Crippen LogP contribution in [0.25, 0.3) is 0 Å². The molecule has 0 saturated carbocycles. The Morgan fingerprint density at radius 1 is 1.46 bits per heavy atom. The highest BCUT2D eigenvalue weighted by Crippen LogP contribution is 2.12. The van der Waals surface area contributed by atoms with Gasteiger partial charge in [0.25, 0.3) is 0 Å². The molecule has 0 atom stereocenters. The predicted octanol–water partition coefficient (Wildman–Crippen LogP) is 3.34. The number of ether oxygens (including phenoxy) is 1. The van der Waals surface area contributed by atoms with Gasteiger partial charge in [0, 0.05) is 0 Å². The van der Waals surface area contributed by atoms with Gasteiger partial charge in [0.1, 0.15) is 12.4 Å². The van der Waals surface area contributed by atoms with Crippen molar-refractivity contribution in [3.8, 4) is 5.75 Å². The van der Waals surface area contributed by atoms with Crippen LogP contribution in [0.3, 0.4) is 0 Å². The first kappa shape index (κ1) is 9.85. The molecule has 0 aromatic heterocycles. The fourth-order valence-corrected chi connectivity index (χ4v) is 0.986. The molecule has 0 bridgehead atoms. The molecule has 1 aromatic carbocycles. The van der Waals surface area contributed by atoms with Crippen LogP contribution in [0, 0.1) is 6.92 Å². The summed E-state index contributed by atoms with van der Waals surface area (Å²) in [5, 5.41) is 0. The third kappa shape index (κ3) is 3.32. The van der Waals surface area contributed by atoms with Gasteiger partial charge in [-0.2, -0.15) is 0 Å². The van der Waals surface area contributed by atoms with Crippen molar-refractivity contribution in [2.75, 3.05) is 6.61 Å². The first-order chi connectivity index (χ1) is 6.22. The molecule has 0 aliphatic carbocycles. The lowest BCUT2D eigenvalue weighted by atomic mass is 10.2. The van der Waals surface area contributed by atoms with Crippen LogP contribution in [0.5, 0.6) is 5.75 Å². The van der Waals surface area contributed by atoms with Crippen molar-refractivity contribution in [2.24, 2.45) is 0 Å². The van der Waals surface area contributed by atoms with Crippen molar-refractivity contribution in [1.82, 2.24) is 0 Å². The average Bonchev–Trinajstić information content (AvgIpc) is 2.14. The molecule has 0 heterocycles. The van der Waals surface area contributed by atoms with E-state index in [2.05, 4.69) is 26.0 Å². The number of benzene rings is 1. The predicted molar refractivity (Wildman–Crippen MR) is 56.1 cm³/mol. The van der Waals surface area contributed by atoms with Crippen molar-refractivity contribution in [1.29, 1.82) is 0 Å². The highest BCUT2D eigenvalue weighted by atomic mass is 16.5. The average molecular weight is 176 g/mol. The first-order valence-electron chi connectivity index (χ1n) is 4.53. The minimum atomic E-state index is 0.681. The molecule has 0 spiro atoms. The smallest absolute Gasteiger partial charge is 0.120 e. The molecule has 0 aliphatic rings. The van der Waals surface area contributed by atoms with Gasteiger partial charge in [0.05, 0.1) is 0 Å². The van der Waals surface area contributed by atoms with Crippen molar-refractivity contribution >= 4 is 0 Å². The van der Waals surface area contributed by atoms with Gasteiger partial charge in [0.2, 0.25) is 0 Å². The molecule has 0 fully saturated rings. The Labute approximate surface area is 80.0 Å². The molecule has 0 aliphatic heterocycles. The molecular formula is C12H16O. The normalized spacial score (nSPS) is 11.5. The van der Waals surface area contributed by atoms with E-state index >= 15 is 0 Å². The Morgan fingerprint density at radius 2 is 2.23 bits per heavy atom. The van der Waals surface area contributed by atoms with Crippen LogP contribution >= 0.6 is 0 Å². The lowest BCUT2D eigenvalue weighted by molar-refractivity contribution is 0.352. The Hall–Kier alpha value is -1.24. The van der Waals surface area contributed by atoms with E-state index in [4.69, 9.17) is 4.74 Å². The fraction of sp³-hybridized carbons (Fsp3) is 0.333. The van der Waals surface area contributed by atoms with E-state index in [1.807, 2.05) is 25.1 Å². The molecule has 0 N–H and O–H groups in total. The zero-order chi connectivity index (χ0) is 9.68. The van der Waals surface area contributed by atoms with E-state index in [-0.39, 0.29) is 0 Å². The first-order valence-corrected chi connectivity index (χ1v) is 4.53. The topological polar surface area (TPSA) is 9.23 Å². The molecule has 0 radical (unpaired) electrons. The van der Waals surface area contributed by atoms with Gasteiger partial charge in [-0.05, 0) is 44.0 Å². The zero-order valence-electron chi connectivity index (χ0n) is 8.50. The molecule has 0 unspecified atom stereocenters. The second-order valence-electron chi connectivity index (χ2n) is 3.24. The van der Waals surface area contributed by atoms with Crippen LogP contribution in [0.1, 0.15) is 19.4 Å². The van der Waals surface area contributed by atoms with E-state index in [0.29, 0.717) is 6.61 Å². The number of hydrogen-bond acceptors (Lipinski definition) is 1. The van der Waals surface area contributed by atoms with Crippen molar-refractivity contribution in [3.05, 3.63) is 41.5 Å². The van der Waals surface area contributed by atoms with Gasteiger partial charge in [-0.25, -0.2) is 0 Å². The maximum atomic E-state index is 5.57. The van der Waals surface area contributed by atoms with Crippen LogP contribution in [0.4, 0.5) is 0 Å². The van der Waals surface area contributed by atoms with Crippen LogP contribution in [0.2, 0.25) is 0 Å². The van der Waals surface area contributed by atoms with Gasteiger partial charge in [-0.15, -0.1) is 0 Å². The molecule has 0 amide bonds. The minimum Gasteiger partial charge on any atom is -0.489 e. The van der Waals surface area contributed by atoms with Crippen LogP contribution in [0.15, 0.2) is 35.9 Å². The number of hydrogen-bond donors (Lipinski definition) is 0. The van der Waals surface area contributed by atoms with Crippen LogP contribution in [-0.2, 0) is 0 Å². The second-order valence-corrected chi connectivity index (χ2v) is 3.24. The van der Waals surface area contributed by atoms with Crippen LogP contribution < -0.4 is 4.74 Å². The maximum Gasteiger partial charge on any atom is 0.120 e. The Balaban J connectivity index is 2.55. The van der Waals surface area contributed by atoms with Gasteiger partial charge in [-0.3, -0.25) is 0 Å². The monoisotopic (exact) mass is 176 g/mol. The summed E-state index contributed by atoms with van der Waals surface area (Å²) in [5.74, 6) is 0.946. The second kappa shape index (κ2) is 4.70. The van der Waals surface area contributed by atoms with Crippen molar-refractivity contribution in [3.63, 3.8) is 0 Å². The molecule has 0 saturated heterocycles. The summed E-state index contributed by atoms with van der Waals surface area (Å²) < 4.78 is 5.57. The summed E-state index contributed by atoms with van der Waals surface area (Å²) in [6, 6.07) is 8.10. The third-order valence-corrected chi connectivity index (χ3v) is 1.95. The number of aryl methyl sites for hydroxylation is 1. The van der Waals surface area contributed by atoms with E-state index in [0.717, 1.165) is 5.75 Å². The van der Waals surface area contributed by atoms with E-state index in [9.17, 15) is 0 Å². The summed E-state index contributed by atoms with van der Waals surface area (Å²) in [6.45, 7) is 6.83. The lowest BCUT2D eigenvalue weighted by Gasteiger charge is -2.06. The van der Waals surface area contributed by atoms with E-state index in [1.165, 1.54) is 11.1 Å². The van der Waals surface area contributed by atoms with Gasteiger partial charge >= 0.3 is 0 Å². The van der Waals surface area contributed by atoms with Crippen molar-refractivity contribution < 1.29 is 4.74 Å². The highest BCUT2D eigenvalue weighted by Gasteiger charge is 1.93. The molecule has 70 valence electrons. The molecular weight excluding hydrogens is 160 g/mol. The summed E-state index contributed by atoms with van der Waals surface area (Å²) in [6.07, 6.45) is 2.07. The Morgan fingerprint density at radius 3 is 2.85 bits per heavy atom. The quantitative estimate of drug-likeness (QED) is 0.642. The summed E-state index contributed by atoms with van der Waals surface area (Å²) >= 11 is 0. The largest absolute Gasteiger partial charge is 0.489 e. The highest BCUT2D eigenvalue weighted by molar-refractivity contribution is 5.27. The van der Waals surface area contributed by atoms with Gasteiger partial charge in [-0.1, -0.05) is 18.2 Å². The van der Waals surface area contributed by atoms with Gasteiger partial charge in [0.15, 0.2) is 0 Å². The Kier molecular flexibility index (Phi) is 3.56. The molecule has 13 heavy (non-hydrogen) atoms. The molecule has 1 rings (SSSR count).